The Morgan fingerprint density at radius 2 is 2.11 bits per heavy atom. The first-order valence-electron chi connectivity index (χ1n) is 6.28. The van der Waals surface area contributed by atoms with Gasteiger partial charge in [-0.15, -0.1) is 0 Å². The van der Waals surface area contributed by atoms with Gasteiger partial charge in [0.05, 0.1) is 6.26 Å². The molecule has 4 heteroatoms. The van der Waals surface area contributed by atoms with E-state index in [2.05, 4.69) is 0 Å². The number of rotatable bonds is 4. The molecular weight excluding hydrogens is 243 g/mol. The van der Waals surface area contributed by atoms with Gasteiger partial charge in [0, 0.05) is 36.4 Å². The van der Waals surface area contributed by atoms with Crippen LogP contribution in [-0.2, 0) is 6.54 Å². The lowest BCUT2D eigenvalue weighted by molar-refractivity contribution is 0.529. The topological polar surface area (TPSA) is 42.4 Å². The number of furan rings is 1. The van der Waals surface area contributed by atoms with Crippen molar-refractivity contribution in [3.63, 3.8) is 0 Å². The zero-order chi connectivity index (χ0) is 14.0. The lowest BCUT2D eigenvalue weighted by Crippen LogP contribution is -2.21. The monoisotopic (exact) mass is 262 g/mol. The van der Waals surface area contributed by atoms with Gasteiger partial charge in [-0.2, -0.15) is 0 Å². The third-order valence-electron chi connectivity index (χ3n) is 3.27. The molecule has 3 nitrogen and oxygen atoms in total. The molecular formula is C15H19FN2O. The molecule has 0 aliphatic carbocycles. The second kappa shape index (κ2) is 5.45. The Bertz CT molecular complexity index is 563. The van der Waals surface area contributed by atoms with Crippen LogP contribution in [0.15, 0.2) is 34.9 Å². The number of halogens is 1. The SMILES string of the molecule is Cc1occc1CN(C)c1cccc(F)c1C(C)N. The molecule has 0 fully saturated rings. The summed E-state index contributed by atoms with van der Waals surface area (Å²) >= 11 is 0. The minimum absolute atomic E-state index is 0.261. The lowest BCUT2D eigenvalue weighted by Gasteiger charge is -2.24. The van der Waals surface area contributed by atoms with Crippen LogP contribution in [0.2, 0.25) is 0 Å². The van der Waals surface area contributed by atoms with Crippen LogP contribution in [0, 0.1) is 12.7 Å². The first-order valence-corrected chi connectivity index (χ1v) is 6.28. The summed E-state index contributed by atoms with van der Waals surface area (Å²) in [6, 6.07) is 6.62. The number of aryl methyl sites for hydroxylation is 1. The molecule has 0 aliphatic heterocycles. The second-order valence-corrected chi connectivity index (χ2v) is 4.82. The third-order valence-corrected chi connectivity index (χ3v) is 3.27. The van der Waals surface area contributed by atoms with Crippen molar-refractivity contribution in [1.82, 2.24) is 0 Å². The average molecular weight is 262 g/mol. The van der Waals surface area contributed by atoms with E-state index in [0.717, 1.165) is 17.0 Å². The highest BCUT2D eigenvalue weighted by molar-refractivity contribution is 5.55. The Hall–Kier alpha value is -1.81. The fourth-order valence-corrected chi connectivity index (χ4v) is 2.23. The van der Waals surface area contributed by atoms with E-state index in [1.165, 1.54) is 6.07 Å². The van der Waals surface area contributed by atoms with Gasteiger partial charge in [0.15, 0.2) is 0 Å². The molecule has 19 heavy (non-hydrogen) atoms. The zero-order valence-corrected chi connectivity index (χ0v) is 11.5. The Kier molecular flexibility index (Phi) is 3.90. The Labute approximate surface area is 112 Å². The molecule has 1 aromatic heterocycles. The van der Waals surface area contributed by atoms with E-state index in [-0.39, 0.29) is 11.9 Å². The van der Waals surface area contributed by atoms with Crippen LogP contribution in [0.25, 0.3) is 0 Å². The van der Waals surface area contributed by atoms with E-state index in [9.17, 15) is 4.39 Å². The van der Waals surface area contributed by atoms with Gasteiger partial charge in [-0.25, -0.2) is 4.39 Å². The maximum atomic E-state index is 13.9. The number of benzene rings is 1. The minimum atomic E-state index is -0.343. The third kappa shape index (κ3) is 2.79. The van der Waals surface area contributed by atoms with Crippen LogP contribution in [0.4, 0.5) is 10.1 Å². The van der Waals surface area contributed by atoms with Crippen molar-refractivity contribution >= 4 is 5.69 Å². The fraction of sp³-hybridized carbons (Fsp3) is 0.333. The van der Waals surface area contributed by atoms with Crippen molar-refractivity contribution in [2.24, 2.45) is 5.73 Å². The summed E-state index contributed by atoms with van der Waals surface area (Å²) in [5.74, 6) is 0.619. The predicted molar refractivity (Wildman–Crippen MR) is 74.6 cm³/mol. The molecule has 102 valence electrons. The molecule has 2 aromatic rings. The molecule has 0 amide bonds. The lowest BCUT2D eigenvalue weighted by atomic mass is 10.0. The van der Waals surface area contributed by atoms with Crippen molar-refractivity contribution < 1.29 is 8.81 Å². The molecule has 1 aromatic carbocycles. The molecule has 0 saturated heterocycles. The summed E-state index contributed by atoms with van der Waals surface area (Å²) in [4.78, 5) is 1.99. The van der Waals surface area contributed by atoms with Crippen molar-refractivity contribution in [2.75, 3.05) is 11.9 Å². The van der Waals surface area contributed by atoms with Gasteiger partial charge < -0.3 is 15.1 Å². The van der Waals surface area contributed by atoms with E-state index < -0.39 is 0 Å². The summed E-state index contributed by atoms with van der Waals surface area (Å²) in [6.45, 7) is 4.37. The first kappa shape index (κ1) is 13.6. The molecule has 0 spiro atoms. The summed E-state index contributed by atoms with van der Waals surface area (Å²) in [5.41, 5.74) is 8.32. The van der Waals surface area contributed by atoms with Crippen LogP contribution in [0.5, 0.6) is 0 Å². The highest BCUT2D eigenvalue weighted by atomic mass is 19.1. The Morgan fingerprint density at radius 1 is 1.37 bits per heavy atom. The summed E-state index contributed by atoms with van der Waals surface area (Å²) in [6.07, 6.45) is 1.66. The molecule has 0 aliphatic rings. The quantitative estimate of drug-likeness (QED) is 0.918. The van der Waals surface area contributed by atoms with Crippen molar-refractivity contribution in [1.29, 1.82) is 0 Å². The molecule has 0 radical (unpaired) electrons. The van der Waals surface area contributed by atoms with E-state index in [4.69, 9.17) is 10.2 Å². The second-order valence-electron chi connectivity index (χ2n) is 4.82. The van der Waals surface area contributed by atoms with Crippen LogP contribution in [-0.4, -0.2) is 7.05 Å². The summed E-state index contributed by atoms with van der Waals surface area (Å²) in [7, 11) is 1.92. The average Bonchev–Trinajstić information content (AvgIpc) is 2.74. The van der Waals surface area contributed by atoms with Gasteiger partial charge >= 0.3 is 0 Å². The van der Waals surface area contributed by atoms with Crippen molar-refractivity contribution in [2.45, 2.75) is 26.4 Å². The number of hydrogen-bond donors (Lipinski definition) is 1. The molecule has 1 heterocycles. The highest BCUT2D eigenvalue weighted by Crippen LogP contribution is 2.28. The molecule has 0 saturated carbocycles. The van der Waals surface area contributed by atoms with Gasteiger partial charge in [0.25, 0.3) is 0 Å². The van der Waals surface area contributed by atoms with Gasteiger partial charge in [-0.3, -0.25) is 0 Å². The summed E-state index contributed by atoms with van der Waals surface area (Å²) < 4.78 is 19.2. The number of anilines is 1. The van der Waals surface area contributed by atoms with E-state index in [0.29, 0.717) is 12.1 Å². The molecule has 2 N–H and O–H groups in total. The van der Waals surface area contributed by atoms with Crippen molar-refractivity contribution in [3.8, 4) is 0 Å². The van der Waals surface area contributed by atoms with E-state index >= 15 is 0 Å². The van der Waals surface area contributed by atoms with Crippen LogP contribution >= 0.6 is 0 Å². The first-order chi connectivity index (χ1) is 9.00. The number of nitrogens with two attached hydrogens (primary N) is 1. The predicted octanol–water partition coefficient (Wildman–Crippen LogP) is 3.38. The van der Waals surface area contributed by atoms with Gasteiger partial charge in [-0.1, -0.05) is 6.07 Å². The number of nitrogens with zero attached hydrogens (tertiary/aromatic N) is 1. The molecule has 1 atom stereocenters. The van der Waals surface area contributed by atoms with Gasteiger partial charge in [0.2, 0.25) is 0 Å². The van der Waals surface area contributed by atoms with Crippen LogP contribution in [0.1, 0.15) is 29.9 Å². The Balaban J connectivity index is 2.31. The molecule has 2 rings (SSSR count). The van der Waals surface area contributed by atoms with Gasteiger partial charge in [0.1, 0.15) is 11.6 Å². The largest absolute Gasteiger partial charge is 0.469 e. The van der Waals surface area contributed by atoms with Crippen molar-refractivity contribution in [3.05, 3.63) is 53.2 Å². The molecule has 0 bridgehead atoms. The normalized spacial score (nSPS) is 12.5. The summed E-state index contributed by atoms with van der Waals surface area (Å²) in [5, 5.41) is 0. The minimum Gasteiger partial charge on any atom is -0.469 e. The Morgan fingerprint density at radius 3 is 2.68 bits per heavy atom. The van der Waals surface area contributed by atoms with Crippen LogP contribution in [0.3, 0.4) is 0 Å². The maximum Gasteiger partial charge on any atom is 0.130 e. The maximum absolute atomic E-state index is 13.9. The molecule has 1 unspecified atom stereocenters. The van der Waals surface area contributed by atoms with E-state index in [1.54, 1.807) is 19.3 Å². The van der Waals surface area contributed by atoms with E-state index in [1.807, 2.05) is 31.0 Å². The highest BCUT2D eigenvalue weighted by Gasteiger charge is 2.16. The fourth-order valence-electron chi connectivity index (χ4n) is 2.23. The standard InChI is InChI=1S/C15H19FN2O/c1-10(17)15-13(16)5-4-6-14(15)18(3)9-12-7-8-19-11(12)2/h4-8,10H,9,17H2,1-3H3. The van der Waals surface area contributed by atoms with Crippen LogP contribution < -0.4 is 10.6 Å². The van der Waals surface area contributed by atoms with Gasteiger partial charge in [-0.05, 0) is 32.0 Å². The number of hydrogen-bond acceptors (Lipinski definition) is 3. The smallest absolute Gasteiger partial charge is 0.130 e. The zero-order valence-electron chi connectivity index (χ0n) is 11.5.